The summed E-state index contributed by atoms with van der Waals surface area (Å²) < 4.78 is 20.2. The van der Waals surface area contributed by atoms with Crippen molar-refractivity contribution >= 4 is 0 Å². The third kappa shape index (κ3) is 5.24. The Hall–Kier alpha value is -3.05. The van der Waals surface area contributed by atoms with Crippen molar-refractivity contribution in [3.63, 3.8) is 0 Å². The van der Waals surface area contributed by atoms with Crippen molar-refractivity contribution in [3.8, 4) is 28.7 Å². The second kappa shape index (κ2) is 9.76. The summed E-state index contributed by atoms with van der Waals surface area (Å²) >= 11 is 0. The molecule has 0 spiro atoms. The van der Waals surface area contributed by atoms with Crippen molar-refractivity contribution in [2.24, 2.45) is 0 Å². The van der Waals surface area contributed by atoms with Crippen LogP contribution in [-0.4, -0.2) is 6.61 Å². The fourth-order valence-corrected chi connectivity index (χ4v) is 2.97. The Morgan fingerprint density at radius 2 is 1.46 bits per heavy atom. The molecule has 0 aliphatic carbocycles. The summed E-state index contributed by atoms with van der Waals surface area (Å²) in [5, 5.41) is 0. The van der Waals surface area contributed by atoms with E-state index in [9.17, 15) is 4.39 Å². The molecule has 0 N–H and O–H groups in total. The Kier molecular flexibility index (Phi) is 6.87. The predicted molar refractivity (Wildman–Crippen MR) is 114 cm³/mol. The largest absolute Gasteiger partial charge is 0.494 e. The van der Waals surface area contributed by atoms with E-state index >= 15 is 0 Å². The van der Waals surface area contributed by atoms with Gasteiger partial charge >= 0.3 is 0 Å². The summed E-state index contributed by atoms with van der Waals surface area (Å²) in [6, 6.07) is 20.9. The molecule has 1 nitrogen and oxygen atoms in total. The van der Waals surface area contributed by atoms with Gasteiger partial charge in [0, 0.05) is 16.7 Å². The van der Waals surface area contributed by atoms with Crippen LogP contribution in [0.5, 0.6) is 5.75 Å². The zero-order chi connectivity index (χ0) is 19.8. The maximum atomic E-state index is 14.6. The number of aryl methyl sites for hydroxylation is 1. The minimum absolute atomic E-state index is 0.252. The molecule has 0 unspecified atom stereocenters. The Balaban J connectivity index is 1.73. The standard InChI is InChI=1S/C26H25FO/c1-3-5-20-8-13-23(14-9-20)25-17-12-22(19-26(25)27)7-6-21-10-15-24(16-11-21)28-18-4-2/h8-17,19H,3-5,18H2,1-2H3. The maximum absolute atomic E-state index is 14.6. The molecular weight excluding hydrogens is 347 g/mol. The van der Waals surface area contributed by atoms with Gasteiger partial charge < -0.3 is 4.74 Å². The Morgan fingerprint density at radius 3 is 2.11 bits per heavy atom. The molecule has 0 amide bonds. The first-order valence-electron chi connectivity index (χ1n) is 9.83. The van der Waals surface area contributed by atoms with Gasteiger partial charge in [-0.1, -0.05) is 62.4 Å². The summed E-state index contributed by atoms with van der Waals surface area (Å²) in [5.41, 5.74) is 4.31. The average molecular weight is 372 g/mol. The minimum atomic E-state index is -0.252. The van der Waals surface area contributed by atoms with Gasteiger partial charge in [0.2, 0.25) is 0 Å². The molecular formula is C26H25FO. The number of benzene rings is 3. The van der Waals surface area contributed by atoms with Crippen LogP contribution in [0.15, 0.2) is 66.7 Å². The van der Waals surface area contributed by atoms with E-state index in [-0.39, 0.29) is 5.82 Å². The fourth-order valence-electron chi connectivity index (χ4n) is 2.97. The van der Waals surface area contributed by atoms with Gasteiger partial charge in [-0.05, 0) is 60.4 Å². The number of ether oxygens (including phenoxy) is 1. The van der Waals surface area contributed by atoms with E-state index in [1.54, 1.807) is 6.07 Å². The quantitative estimate of drug-likeness (QED) is 0.441. The van der Waals surface area contributed by atoms with Gasteiger partial charge in [0.05, 0.1) is 6.61 Å². The van der Waals surface area contributed by atoms with Crippen LogP contribution < -0.4 is 4.74 Å². The van der Waals surface area contributed by atoms with Crippen LogP contribution in [0.4, 0.5) is 4.39 Å². The first-order valence-corrected chi connectivity index (χ1v) is 9.83. The number of halogens is 1. The van der Waals surface area contributed by atoms with Crippen molar-refractivity contribution < 1.29 is 9.13 Å². The Morgan fingerprint density at radius 1 is 0.786 bits per heavy atom. The summed E-state index contributed by atoms with van der Waals surface area (Å²) in [7, 11) is 0. The molecule has 3 rings (SSSR count). The van der Waals surface area contributed by atoms with Gasteiger partial charge in [-0.2, -0.15) is 0 Å². The monoisotopic (exact) mass is 372 g/mol. The van der Waals surface area contributed by atoms with E-state index < -0.39 is 0 Å². The van der Waals surface area contributed by atoms with Crippen molar-refractivity contribution in [1.29, 1.82) is 0 Å². The third-order valence-electron chi connectivity index (χ3n) is 4.45. The van der Waals surface area contributed by atoms with Gasteiger partial charge in [-0.3, -0.25) is 0 Å². The van der Waals surface area contributed by atoms with Crippen LogP contribution in [-0.2, 0) is 6.42 Å². The van der Waals surface area contributed by atoms with Crippen LogP contribution in [0.1, 0.15) is 43.4 Å². The highest BCUT2D eigenvalue weighted by atomic mass is 19.1. The van der Waals surface area contributed by atoms with E-state index in [1.807, 2.05) is 42.5 Å². The van der Waals surface area contributed by atoms with Crippen molar-refractivity contribution in [1.82, 2.24) is 0 Å². The maximum Gasteiger partial charge on any atom is 0.132 e. The molecule has 0 heterocycles. The normalized spacial score (nSPS) is 10.2. The molecule has 0 fully saturated rings. The summed E-state index contributed by atoms with van der Waals surface area (Å²) in [5.74, 6) is 6.71. The highest BCUT2D eigenvalue weighted by Crippen LogP contribution is 2.24. The molecule has 0 aromatic heterocycles. The van der Waals surface area contributed by atoms with Gasteiger partial charge in [0.15, 0.2) is 0 Å². The van der Waals surface area contributed by atoms with E-state index in [2.05, 4.69) is 37.8 Å². The SMILES string of the molecule is CCCOc1ccc(C#Cc2ccc(-c3ccc(CCC)cc3)c(F)c2)cc1. The highest BCUT2D eigenvalue weighted by molar-refractivity contribution is 5.65. The molecule has 2 heteroatoms. The number of rotatable bonds is 6. The summed E-state index contributed by atoms with van der Waals surface area (Å²) in [6.45, 7) is 4.94. The molecule has 0 atom stereocenters. The average Bonchev–Trinajstić information content (AvgIpc) is 2.72. The van der Waals surface area contributed by atoms with Gasteiger partial charge in [-0.25, -0.2) is 4.39 Å². The van der Waals surface area contributed by atoms with Crippen LogP contribution in [0.3, 0.4) is 0 Å². The number of hydrogen-bond donors (Lipinski definition) is 0. The van der Waals surface area contributed by atoms with Gasteiger partial charge in [0.1, 0.15) is 11.6 Å². The molecule has 0 bridgehead atoms. The third-order valence-corrected chi connectivity index (χ3v) is 4.45. The second-order valence-electron chi connectivity index (χ2n) is 6.76. The van der Waals surface area contributed by atoms with E-state index in [0.717, 1.165) is 36.1 Å². The topological polar surface area (TPSA) is 9.23 Å². The Bertz CT molecular complexity index is 960. The second-order valence-corrected chi connectivity index (χ2v) is 6.76. The first-order chi connectivity index (χ1) is 13.7. The smallest absolute Gasteiger partial charge is 0.132 e. The van der Waals surface area contributed by atoms with E-state index in [4.69, 9.17) is 4.74 Å². The zero-order valence-electron chi connectivity index (χ0n) is 16.5. The molecule has 142 valence electrons. The van der Waals surface area contributed by atoms with Gasteiger partial charge in [0.25, 0.3) is 0 Å². The lowest BCUT2D eigenvalue weighted by molar-refractivity contribution is 0.317. The molecule has 0 aliphatic heterocycles. The van der Waals surface area contributed by atoms with Crippen LogP contribution in [0, 0.1) is 17.7 Å². The lowest BCUT2D eigenvalue weighted by Gasteiger charge is -2.06. The van der Waals surface area contributed by atoms with Crippen LogP contribution in [0.2, 0.25) is 0 Å². The predicted octanol–water partition coefficient (Wildman–Crippen LogP) is 6.63. The van der Waals surface area contributed by atoms with E-state index in [1.165, 1.54) is 11.6 Å². The molecule has 0 aliphatic rings. The lowest BCUT2D eigenvalue weighted by atomic mass is 10.0. The molecule has 3 aromatic carbocycles. The fraction of sp³-hybridized carbons (Fsp3) is 0.231. The highest BCUT2D eigenvalue weighted by Gasteiger charge is 2.06. The van der Waals surface area contributed by atoms with Crippen molar-refractivity contribution in [2.45, 2.75) is 33.1 Å². The molecule has 3 aromatic rings. The lowest BCUT2D eigenvalue weighted by Crippen LogP contribution is -1.94. The first kappa shape index (κ1) is 19.7. The molecule has 28 heavy (non-hydrogen) atoms. The molecule has 0 saturated heterocycles. The van der Waals surface area contributed by atoms with Crippen LogP contribution in [0.25, 0.3) is 11.1 Å². The van der Waals surface area contributed by atoms with Crippen molar-refractivity contribution in [2.75, 3.05) is 6.61 Å². The van der Waals surface area contributed by atoms with E-state index in [0.29, 0.717) is 17.7 Å². The zero-order valence-corrected chi connectivity index (χ0v) is 16.5. The molecule has 0 radical (unpaired) electrons. The van der Waals surface area contributed by atoms with Crippen molar-refractivity contribution in [3.05, 3.63) is 89.2 Å². The summed E-state index contributed by atoms with van der Waals surface area (Å²) in [6.07, 6.45) is 3.13. The summed E-state index contributed by atoms with van der Waals surface area (Å²) in [4.78, 5) is 0. The minimum Gasteiger partial charge on any atom is -0.494 e. The Labute approximate surface area is 167 Å². The van der Waals surface area contributed by atoms with Crippen LogP contribution >= 0.6 is 0 Å². The van der Waals surface area contributed by atoms with Gasteiger partial charge in [-0.15, -0.1) is 0 Å². The number of hydrogen-bond acceptors (Lipinski definition) is 1. The molecule has 0 saturated carbocycles.